The molecule has 1 atom stereocenters. The molecule has 2 fully saturated rings. The maximum Gasteiger partial charge on any atom is 0.355 e. The van der Waals surface area contributed by atoms with Gasteiger partial charge in [-0.3, -0.25) is 14.8 Å². The molecule has 276 valence electrons. The lowest BCUT2D eigenvalue weighted by Crippen LogP contribution is -2.42. The lowest BCUT2D eigenvalue weighted by molar-refractivity contribution is -0.154. The van der Waals surface area contributed by atoms with E-state index in [0.29, 0.717) is 74.6 Å². The Bertz CT molecular complexity index is 2080. The average molecular weight is 737 g/mol. The zero-order valence-electron chi connectivity index (χ0n) is 29.9. The van der Waals surface area contributed by atoms with Crippen LogP contribution in [0.25, 0.3) is 21.3 Å². The van der Waals surface area contributed by atoms with E-state index in [0.717, 1.165) is 58.3 Å². The maximum absolute atomic E-state index is 13.6. The van der Waals surface area contributed by atoms with Crippen LogP contribution >= 0.6 is 11.3 Å². The average Bonchev–Trinajstić information content (AvgIpc) is 3.67. The van der Waals surface area contributed by atoms with E-state index in [4.69, 9.17) is 24.3 Å². The Morgan fingerprint density at radius 1 is 1.02 bits per heavy atom. The first kappa shape index (κ1) is 35.3. The van der Waals surface area contributed by atoms with Crippen molar-refractivity contribution in [3.8, 4) is 11.1 Å². The minimum atomic E-state index is -1.11. The molecule has 0 spiro atoms. The molecule has 12 nitrogen and oxygen atoms in total. The van der Waals surface area contributed by atoms with Gasteiger partial charge < -0.3 is 24.2 Å². The van der Waals surface area contributed by atoms with Gasteiger partial charge >= 0.3 is 5.97 Å². The minimum absolute atomic E-state index is 0.0345. The number of carboxylic acid groups (broad SMARTS) is 1. The summed E-state index contributed by atoms with van der Waals surface area (Å²) in [4.78, 5) is 37.7. The number of carboxylic acids is 1. The van der Waals surface area contributed by atoms with Gasteiger partial charge in [-0.2, -0.15) is 5.10 Å². The number of carbonyl (C=O) groups excluding carboxylic acids is 1. The number of nitrogens with zero attached hydrogens (tertiary/aromatic N) is 5. The zero-order chi connectivity index (χ0) is 36.4. The number of hydrogen-bond acceptors (Lipinski definition) is 10. The number of hydrogen-bond donors (Lipinski definition) is 2. The van der Waals surface area contributed by atoms with Crippen LogP contribution in [0.4, 0.5) is 10.9 Å². The third-order valence-corrected chi connectivity index (χ3v) is 11.7. The van der Waals surface area contributed by atoms with Crippen LogP contribution in [0.2, 0.25) is 0 Å². The van der Waals surface area contributed by atoms with Gasteiger partial charge in [-0.15, -0.1) is 0 Å². The SMILES string of the molecule is Cc1c(-c2ccc(N3CCc4cccc(C(=O)Nc5nc6ccccc6s5)c4C3)nc2C(=O)O)cnn1CC1(OCC2COCCO2)CCCCCC1. The van der Waals surface area contributed by atoms with Crippen molar-refractivity contribution in [2.24, 2.45) is 0 Å². The second kappa shape index (κ2) is 15.3. The Kier molecular flexibility index (Phi) is 10.2. The van der Waals surface area contributed by atoms with Crippen LogP contribution in [0.5, 0.6) is 0 Å². The Balaban J connectivity index is 1.02. The molecule has 5 heterocycles. The van der Waals surface area contributed by atoms with Crippen LogP contribution in [0.1, 0.15) is 76.2 Å². The van der Waals surface area contributed by atoms with Crippen molar-refractivity contribution in [3.63, 3.8) is 0 Å². The molecule has 1 saturated carbocycles. The molecule has 1 saturated heterocycles. The number of carbonyl (C=O) groups is 2. The summed E-state index contributed by atoms with van der Waals surface area (Å²) in [5, 5.41) is 18.7. The largest absolute Gasteiger partial charge is 0.476 e. The van der Waals surface area contributed by atoms with Crippen molar-refractivity contribution in [2.45, 2.75) is 76.7 Å². The van der Waals surface area contributed by atoms with Crippen LogP contribution in [0.15, 0.2) is 60.8 Å². The molecular weight excluding hydrogens is 693 g/mol. The summed E-state index contributed by atoms with van der Waals surface area (Å²) in [6.45, 7) is 5.81. The second-order valence-electron chi connectivity index (χ2n) is 14.2. The summed E-state index contributed by atoms with van der Waals surface area (Å²) >= 11 is 1.44. The van der Waals surface area contributed by atoms with E-state index in [-0.39, 0.29) is 17.7 Å². The quantitative estimate of drug-likeness (QED) is 0.146. The summed E-state index contributed by atoms with van der Waals surface area (Å²) < 4.78 is 21.1. The van der Waals surface area contributed by atoms with Crippen LogP contribution in [-0.2, 0) is 33.7 Å². The van der Waals surface area contributed by atoms with Crippen LogP contribution in [-0.4, -0.2) is 81.4 Å². The standard InChI is InChI=1S/C40H44N6O6S/c1-26-31(21-41-46(26)25-40(16-6-2-3-7-17-40)52-24-28-23-50-19-20-51-28)29-13-14-35(43-36(29)38(48)49)45-18-15-27-9-8-10-30(32(27)22-45)37(47)44-39-42-33-11-4-5-12-34(33)53-39/h4-5,8-14,21,28H,2-3,6-7,15-20,22-25H2,1H3,(H,48,49)(H,42,44,47). The Labute approximate surface area is 312 Å². The van der Waals surface area contributed by atoms with Gasteiger partial charge in [0.25, 0.3) is 5.91 Å². The number of nitrogens with one attached hydrogen (secondary N) is 1. The van der Waals surface area contributed by atoms with Gasteiger partial charge in [0.1, 0.15) is 11.9 Å². The lowest BCUT2D eigenvalue weighted by atomic mass is 9.93. The summed E-state index contributed by atoms with van der Waals surface area (Å²) in [6.07, 6.45) is 8.74. The zero-order valence-corrected chi connectivity index (χ0v) is 30.7. The first-order valence-corrected chi connectivity index (χ1v) is 19.3. The van der Waals surface area contributed by atoms with Gasteiger partial charge in [0.15, 0.2) is 10.8 Å². The number of fused-ring (bicyclic) bond motifs is 2. The summed E-state index contributed by atoms with van der Waals surface area (Å²) in [6, 6.07) is 17.3. The van der Waals surface area contributed by atoms with Gasteiger partial charge in [0, 0.05) is 35.5 Å². The van der Waals surface area contributed by atoms with Gasteiger partial charge in [-0.05, 0) is 67.6 Å². The van der Waals surface area contributed by atoms with Crippen LogP contribution < -0.4 is 10.2 Å². The summed E-state index contributed by atoms with van der Waals surface area (Å²) in [5.74, 6) is -0.791. The first-order valence-electron chi connectivity index (χ1n) is 18.5. The third-order valence-electron chi connectivity index (χ3n) is 10.7. The fourth-order valence-electron chi connectivity index (χ4n) is 7.85. The van der Waals surface area contributed by atoms with Crippen LogP contribution in [0.3, 0.4) is 0 Å². The Morgan fingerprint density at radius 3 is 2.66 bits per heavy atom. The molecular formula is C40H44N6O6S. The molecule has 2 aromatic carbocycles. The molecule has 3 aliphatic rings. The molecule has 3 aromatic heterocycles. The summed E-state index contributed by atoms with van der Waals surface area (Å²) in [5.41, 5.74) is 5.08. The van der Waals surface area contributed by atoms with E-state index < -0.39 is 11.6 Å². The van der Waals surface area contributed by atoms with Gasteiger partial charge in [0.05, 0.1) is 55.0 Å². The van der Waals surface area contributed by atoms with E-state index in [1.165, 1.54) is 24.2 Å². The Morgan fingerprint density at radius 2 is 1.87 bits per heavy atom. The highest BCUT2D eigenvalue weighted by Gasteiger charge is 2.35. The number of amides is 1. The number of rotatable bonds is 10. The van der Waals surface area contributed by atoms with Crippen molar-refractivity contribution in [3.05, 3.63) is 88.9 Å². The number of anilines is 2. The molecule has 2 aliphatic heterocycles. The number of thiazole rings is 1. The molecule has 0 bridgehead atoms. The molecule has 1 aliphatic carbocycles. The number of ether oxygens (including phenoxy) is 3. The normalized spacial score (nSPS) is 18.7. The number of aromatic nitrogens is 4. The molecule has 8 rings (SSSR count). The highest BCUT2D eigenvalue weighted by molar-refractivity contribution is 7.22. The van der Waals surface area contributed by atoms with E-state index in [2.05, 4.69) is 10.3 Å². The van der Waals surface area contributed by atoms with Crippen molar-refractivity contribution < 1.29 is 28.9 Å². The smallest absolute Gasteiger partial charge is 0.355 e. The summed E-state index contributed by atoms with van der Waals surface area (Å²) in [7, 11) is 0. The molecule has 0 radical (unpaired) electrons. The van der Waals surface area contributed by atoms with E-state index in [1.54, 1.807) is 6.20 Å². The predicted octanol–water partition coefficient (Wildman–Crippen LogP) is 6.90. The molecule has 1 unspecified atom stereocenters. The van der Waals surface area contributed by atoms with Gasteiger partial charge in [0.2, 0.25) is 0 Å². The minimum Gasteiger partial charge on any atom is -0.476 e. The fourth-order valence-corrected chi connectivity index (χ4v) is 8.71. The lowest BCUT2D eigenvalue weighted by Gasteiger charge is -2.35. The number of benzene rings is 2. The van der Waals surface area contributed by atoms with E-state index in [9.17, 15) is 14.7 Å². The molecule has 1 amide bonds. The monoisotopic (exact) mass is 736 g/mol. The van der Waals surface area contributed by atoms with Crippen LogP contribution in [0, 0.1) is 6.92 Å². The van der Waals surface area contributed by atoms with Crippen molar-refractivity contribution in [2.75, 3.05) is 43.2 Å². The third kappa shape index (κ3) is 7.56. The number of para-hydroxylation sites is 1. The first-order chi connectivity index (χ1) is 25.9. The number of pyridine rings is 1. The fraction of sp³-hybridized carbons (Fsp3) is 0.425. The molecule has 13 heteroatoms. The molecule has 2 N–H and O–H groups in total. The van der Waals surface area contributed by atoms with E-state index >= 15 is 0 Å². The molecule has 5 aromatic rings. The van der Waals surface area contributed by atoms with Gasteiger partial charge in [-0.25, -0.2) is 14.8 Å². The van der Waals surface area contributed by atoms with Crippen molar-refractivity contribution in [1.29, 1.82) is 0 Å². The van der Waals surface area contributed by atoms with Gasteiger partial charge in [-0.1, -0.05) is 61.3 Å². The number of aromatic carboxylic acids is 1. The highest BCUT2D eigenvalue weighted by atomic mass is 32.1. The topological polar surface area (TPSA) is 141 Å². The Hall–Kier alpha value is -4.69. The second-order valence-corrected chi connectivity index (χ2v) is 15.2. The van der Waals surface area contributed by atoms with Crippen molar-refractivity contribution in [1.82, 2.24) is 19.7 Å². The van der Waals surface area contributed by atoms with E-state index in [1.807, 2.05) is 71.1 Å². The highest BCUT2D eigenvalue weighted by Crippen LogP contribution is 2.36. The van der Waals surface area contributed by atoms with Crippen molar-refractivity contribution >= 4 is 44.4 Å². The molecule has 53 heavy (non-hydrogen) atoms. The predicted molar refractivity (Wildman–Crippen MR) is 203 cm³/mol. The maximum atomic E-state index is 13.6.